The van der Waals surface area contributed by atoms with Crippen molar-refractivity contribution in [1.82, 2.24) is 34.3 Å². The fraction of sp³-hybridized carbons (Fsp3) is 0.534. The van der Waals surface area contributed by atoms with Gasteiger partial charge in [-0.2, -0.15) is 9.97 Å². The van der Waals surface area contributed by atoms with Crippen molar-refractivity contribution in [2.75, 3.05) is 75.5 Å². The van der Waals surface area contributed by atoms with Crippen molar-refractivity contribution in [2.45, 2.75) is 127 Å². The lowest BCUT2D eigenvalue weighted by Gasteiger charge is -2.43. The van der Waals surface area contributed by atoms with E-state index in [0.717, 1.165) is 75.9 Å². The fourth-order valence-corrected chi connectivity index (χ4v) is 14.0. The molecule has 2 atom stereocenters. The van der Waals surface area contributed by atoms with Crippen LogP contribution in [0.4, 0.5) is 25.1 Å². The number of aryl methyl sites for hydroxylation is 2. The zero-order chi connectivity index (χ0) is 55.0. The summed E-state index contributed by atoms with van der Waals surface area (Å²) in [5.74, 6) is -1.73. The molecule has 3 aromatic carbocycles. The third kappa shape index (κ3) is 9.57. The van der Waals surface area contributed by atoms with E-state index in [0.29, 0.717) is 89.3 Å². The number of aromatic hydroxyl groups is 1. The Labute approximate surface area is 455 Å². The number of β-amino-alcohol motifs (C(OH)–C–C–N with tert-alkyl or cyclic N) is 1. The van der Waals surface area contributed by atoms with E-state index in [9.17, 15) is 29.4 Å². The number of piperidine rings is 4. The number of rotatable bonds is 12. The molecule has 418 valence electrons. The first kappa shape index (κ1) is 52.7. The second kappa shape index (κ2) is 20.6. The molecule has 19 nitrogen and oxygen atoms in total. The number of fused-ring (bicyclic) bond motifs is 4. The standard InChI is InChI=1S/C58H68F2N10O9/c1-4-40-43(59)10-8-35-28-37(71)30-41(48(35)40)50-49(60)51-42(31-61-50)52(68-21-5-18-57(2,76)32-68)64-54(63-51)77-33-58-19-6-26-70(58,27-7-20-58)34-78-56(75)67-24-16-39(17-25-67)79-38-14-22-66(23-15-38)36-9-11-44-46(29-36)65(3)55(74)69(44)45-12-13-47(72)62-53(45)73/h8-11,28-31,38-39,45,76H,4-7,12-27,32-34H2,1-3H3,(H-,62,71,72,73)/p+1/t45?,57-,58?,70?/m1/s1. The van der Waals surface area contributed by atoms with Crippen LogP contribution in [0.2, 0.25) is 0 Å². The number of likely N-dealkylation sites (tertiary alicyclic amines) is 1. The van der Waals surface area contributed by atoms with Gasteiger partial charge < -0.3 is 39.1 Å². The van der Waals surface area contributed by atoms with E-state index in [4.69, 9.17) is 24.2 Å². The number of carbonyl (C=O) groups excluding carboxylic acids is 3. The van der Waals surface area contributed by atoms with Crippen LogP contribution < -0.4 is 25.5 Å². The highest BCUT2D eigenvalue weighted by Gasteiger charge is 2.60. The number of imide groups is 1. The second-order valence-corrected chi connectivity index (χ2v) is 23.2. The number of carbonyl (C=O) groups is 3. The summed E-state index contributed by atoms with van der Waals surface area (Å²) < 4.78 is 55.7. The lowest BCUT2D eigenvalue weighted by Crippen LogP contribution is -2.61. The zero-order valence-electron chi connectivity index (χ0n) is 45.1. The Hall–Kier alpha value is -6.97. The van der Waals surface area contributed by atoms with Gasteiger partial charge in [-0.1, -0.05) is 13.0 Å². The Kier molecular flexibility index (Phi) is 13.7. The Morgan fingerprint density at radius 2 is 1.63 bits per heavy atom. The van der Waals surface area contributed by atoms with Crippen molar-refractivity contribution < 1.29 is 52.1 Å². The Balaban J connectivity index is 0.689. The van der Waals surface area contributed by atoms with Crippen molar-refractivity contribution in [3.63, 3.8) is 0 Å². The number of halogens is 2. The molecule has 3 N–H and O–H groups in total. The smallest absolute Gasteiger partial charge is 0.414 e. The minimum Gasteiger partial charge on any atom is -0.508 e. The van der Waals surface area contributed by atoms with Crippen LogP contribution in [0.5, 0.6) is 11.8 Å². The van der Waals surface area contributed by atoms with Crippen LogP contribution in [0.3, 0.4) is 0 Å². The van der Waals surface area contributed by atoms with Gasteiger partial charge in [-0.25, -0.2) is 18.4 Å². The molecule has 1 unspecified atom stereocenters. The minimum absolute atomic E-state index is 0.0182. The molecular weight excluding hydrogens is 1020 g/mol. The first-order chi connectivity index (χ1) is 38.0. The third-order valence-corrected chi connectivity index (χ3v) is 18.2. The first-order valence-corrected chi connectivity index (χ1v) is 28.2. The first-order valence-electron chi connectivity index (χ1n) is 28.2. The molecule has 0 aliphatic carbocycles. The number of phenolic OH excluding ortho intramolecular Hbond substituents is 1. The molecule has 0 bridgehead atoms. The molecule has 0 radical (unpaired) electrons. The maximum absolute atomic E-state index is 17.3. The topological polar surface area (TPSA) is 207 Å². The molecular formula is C58H69F2N10O9+. The summed E-state index contributed by atoms with van der Waals surface area (Å²) in [5, 5.41) is 25.7. The Morgan fingerprint density at radius 1 is 0.886 bits per heavy atom. The number of aromatic nitrogens is 5. The minimum atomic E-state index is -1.02. The van der Waals surface area contributed by atoms with Gasteiger partial charge in [0.05, 0.1) is 47.3 Å². The van der Waals surface area contributed by atoms with E-state index in [1.165, 1.54) is 29.0 Å². The van der Waals surface area contributed by atoms with Crippen LogP contribution in [-0.2, 0) is 32.5 Å². The van der Waals surface area contributed by atoms with Crippen LogP contribution in [0.15, 0.2) is 53.5 Å². The summed E-state index contributed by atoms with van der Waals surface area (Å²) >= 11 is 0. The SMILES string of the molecule is CCc1c(F)ccc2cc(O)cc(-c3ncc4c(N5CCC[C@@](C)(O)C5)nc(OCC56CCC[N+]5(COC(=O)N5CCC(OC7CCN(c8ccc9c(c8)n(C)c(=O)n9C8CCC(=O)NC8=O)CC7)CC5)CCC6)nc4c3F)c12. The highest BCUT2D eigenvalue weighted by Crippen LogP contribution is 2.47. The molecule has 6 fully saturated rings. The lowest BCUT2D eigenvalue weighted by molar-refractivity contribution is -0.966. The maximum atomic E-state index is 17.3. The summed E-state index contributed by atoms with van der Waals surface area (Å²) in [7, 11) is 1.70. The summed E-state index contributed by atoms with van der Waals surface area (Å²) in [6.07, 6.45) is 9.87. The Morgan fingerprint density at radius 3 is 2.35 bits per heavy atom. The van der Waals surface area contributed by atoms with Crippen LogP contribution >= 0.6 is 0 Å². The number of ether oxygens (including phenoxy) is 3. The van der Waals surface area contributed by atoms with Crippen LogP contribution in [0.25, 0.3) is 44.0 Å². The van der Waals surface area contributed by atoms with Crippen molar-refractivity contribution in [1.29, 1.82) is 0 Å². The highest BCUT2D eigenvalue weighted by atomic mass is 19.1. The number of benzene rings is 3. The predicted octanol–water partition coefficient (Wildman–Crippen LogP) is 7.14. The van der Waals surface area contributed by atoms with E-state index < -0.39 is 34.7 Å². The number of nitrogens with one attached hydrogen (secondary N) is 1. The van der Waals surface area contributed by atoms with Gasteiger partial charge in [0.1, 0.15) is 46.8 Å². The molecule has 79 heavy (non-hydrogen) atoms. The number of amides is 3. The van der Waals surface area contributed by atoms with Gasteiger partial charge in [-0.3, -0.25) is 33.5 Å². The van der Waals surface area contributed by atoms with Crippen molar-refractivity contribution >= 4 is 62.1 Å². The molecule has 6 aromatic rings. The number of quaternary nitrogens is 1. The quantitative estimate of drug-likeness (QED) is 0.0823. The third-order valence-electron chi connectivity index (χ3n) is 18.2. The number of anilines is 2. The van der Waals surface area contributed by atoms with Gasteiger partial charge >= 0.3 is 17.8 Å². The molecule has 6 aliphatic heterocycles. The van der Waals surface area contributed by atoms with Gasteiger partial charge in [0.15, 0.2) is 5.82 Å². The van der Waals surface area contributed by atoms with E-state index >= 15 is 8.78 Å². The molecule has 12 rings (SSSR count). The monoisotopic (exact) mass is 1090 g/mol. The Bertz CT molecular complexity index is 3450. The molecule has 0 saturated carbocycles. The molecule has 6 aliphatic rings. The average molecular weight is 1090 g/mol. The summed E-state index contributed by atoms with van der Waals surface area (Å²) in [4.78, 5) is 71.8. The van der Waals surface area contributed by atoms with Crippen molar-refractivity contribution in [3.05, 3.63) is 76.3 Å². The summed E-state index contributed by atoms with van der Waals surface area (Å²) in [6, 6.07) is 10.9. The largest absolute Gasteiger partial charge is 0.508 e. The number of imidazole rings is 1. The number of phenols is 1. The molecule has 3 aromatic heterocycles. The predicted molar refractivity (Wildman–Crippen MR) is 291 cm³/mol. The number of pyridine rings is 1. The number of aliphatic hydroxyl groups is 1. The fourth-order valence-electron chi connectivity index (χ4n) is 14.0. The van der Waals surface area contributed by atoms with Gasteiger partial charge in [0, 0.05) is 95.9 Å². The normalized spacial score (nSPS) is 25.2. The molecule has 3 amide bonds. The number of nitrogens with zero attached hydrogens (tertiary/aromatic N) is 9. The van der Waals surface area contributed by atoms with Crippen LogP contribution in [0.1, 0.15) is 103 Å². The number of hydrogen-bond acceptors (Lipinski definition) is 14. The number of hydrogen-bond donors (Lipinski definition) is 3. The maximum Gasteiger partial charge on any atom is 0.414 e. The molecule has 21 heteroatoms. The van der Waals surface area contributed by atoms with Crippen molar-refractivity contribution in [3.8, 4) is 23.0 Å². The van der Waals surface area contributed by atoms with E-state index in [-0.39, 0.29) is 91.2 Å². The van der Waals surface area contributed by atoms with E-state index in [1.54, 1.807) is 29.5 Å². The van der Waals surface area contributed by atoms with Gasteiger partial charge in [0.25, 0.3) is 0 Å². The summed E-state index contributed by atoms with van der Waals surface area (Å²) in [5.41, 5.74) is 1.13. The molecule has 6 saturated heterocycles. The van der Waals surface area contributed by atoms with Gasteiger partial charge in [-0.05, 0) is 111 Å². The van der Waals surface area contributed by atoms with Crippen LogP contribution in [-0.4, -0.2) is 151 Å². The van der Waals surface area contributed by atoms with Gasteiger partial charge in [0.2, 0.25) is 18.5 Å². The van der Waals surface area contributed by atoms with Crippen molar-refractivity contribution in [2.24, 2.45) is 7.05 Å². The van der Waals surface area contributed by atoms with E-state index in [2.05, 4.69) is 15.2 Å². The van der Waals surface area contributed by atoms with Gasteiger partial charge in [-0.15, -0.1) is 0 Å². The zero-order valence-corrected chi connectivity index (χ0v) is 45.1. The molecule has 9 heterocycles. The van der Waals surface area contributed by atoms with Crippen LogP contribution in [0, 0.1) is 11.6 Å². The molecule has 0 spiro atoms. The highest BCUT2D eigenvalue weighted by molar-refractivity contribution is 6.02. The summed E-state index contributed by atoms with van der Waals surface area (Å²) in [6.45, 7) is 9.02. The second-order valence-electron chi connectivity index (χ2n) is 23.2. The average Bonchev–Trinajstić information content (AvgIpc) is 4.31. The van der Waals surface area contributed by atoms with E-state index in [1.807, 2.05) is 30.0 Å². The lowest BCUT2D eigenvalue weighted by atomic mass is 9.94.